The normalized spacial score (nSPS) is 13.7. The van der Waals surface area contributed by atoms with Gasteiger partial charge in [0.05, 0.1) is 23.0 Å². The van der Waals surface area contributed by atoms with Crippen LogP contribution < -0.4 is 0 Å². The van der Waals surface area contributed by atoms with Gasteiger partial charge in [0, 0.05) is 21.2 Å². The molecule has 1 aliphatic rings. The molecule has 0 bridgehead atoms. The van der Waals surface area contributed by atoms with E-state index in [4.69, 9.17) is 33.2 Å². The summed E-state index contributed by atoms with van der Waals surface area (Å²) in [7, 11) is 4.25. The van der Waals surface area contributed by atoms with Crippen molar-refractivity contribution < 1.29 is 0 Å². The highest BCUT2D eigenvalue weighted by atomic mass is 35.5. The smallest absolute Gasteiger partial charge is 0.0954 e. The summed E-state index contributed by atoms with van der Waals surface area (Å²) in [4.78, 5) is 12.0. The lowest BCUT2D eigenvalue weighted by Crippen LogP contribution is -2.12. The van der Waals surface area contributed by atoms with E-state index < -0.39 is 0 Å². The van der Waals surface area contributed by atoms with Gasteiger partial charge in [-0.2, -0.15) is 0 Å². The average Bonchev–Trinajstić information content (AvgIpc) is 2.86. The maximum atomic E-state index is 6.46. The molecule has 0 unspecified atom stereocenters. The Hall–Kier alpha value is -1.33. The highest BCUT2D eigenvalue weighted by Gasteiger charge is 2.18. The first-order valence-corrected chi connectivity index (χ1v) is 11.7. The third-order valence-corrected chi connectivity index (χ3v) is 6.34. The Bertz CT molecular complexity index is 893. The van der Waals surface area contributed by atoms with E-state index in [1.807, 2.05) is 54.2 Å². The summed E-state index contributed by atoms with van der Waals surface area (Å²) in [5.41, 5.74) is 3.61. The molecule has 0 N–H and O–H groups in total. The fourth-order valence-electron chi connectivity index (χ4n) is 3.23. The number of unbranched alkanes of at least 4 members (excludes halogenated alkanes) is 3. The van der Waals surface area contributed by atoms with Crippen molar-refractivity contribution in [2.45, 2.75) is 25.7 Å². The van der Waals surface area contributed by atoms with Gasteiger partial charge >= 0.3 is 0 Å². The van der Waals surface area contributed by atoms with Gasteiger partial charge in [0.1, 0.15) is 0 Å². The fourth-order valence-corrected chi connectivity index (χ4v) is 4.53. The maximum absolute atomic E-state index is 6.46. The number of aliphatic imine (C=N–C) groups is 2. The Balaban J connectivity index is 1.69. The molecule has 1 heterocycles. The molecule has 3 rings (SSSR count). The monoisotopic (exact) mass is 447 g/mol. The number of hydrogen-bond acceptors (Lipinski definition) is 4. The van der Waals surface area contributed by atoms with E-state index in [-0.39, 0.29) is 0 Å². The Morgan fingerprint density at radius 1 is 0.966 bits per heavy atom. The predicted octanol–water partition coefficient (Wildman–Crippen LogP) is 6.73. The van der Waals surface area contributed by atoms with Crippen LogP contribution in [0.5, 0.6) is 0 Å². The van der Waals surface area contributed by atoms with E-state index in [0.717, 1.165) is 33.3 Å². The fraction of sp³-hybridized carbons (Fsp3) is 0.391. The molecule has 0 aliphatic carbocycles. The maximum Gasteiger partial charge on any atom is 0.0954 e. The van der Waals surface area contributed by atoms with Crippen LogP contribution in [0.2, 0.25) is 10.0 Å². The van der Waals surface area contributed by atoms with Crippen molar-refractivity contribution in [2.75, 3.05) is 32.9 Å². The average molecular weight is 448 g/mol. The SMILES string of the molecule is CN(C)CCCCCCSC1=Nc2ccc(Cl)cc2C(c2ccccc2Cl)=NC1. The van der Waals surface area contributed by atoms with Gasteiger partial charge in [-0.3, -0.25) is 4.99 Å². The van der Waals surface area contributed by atoms with Crippen molar-refractivity contribution in [1.29, 1.82) is 0 Å². The molecule has 3 nitrogen and oxygen atoms in total. The highest BCUT2D eigenvalue weighted by Crippen LogP contribution is 2.31. The molecule has 6 heteroatoms. The highest BCUT2D eigenvalue weighted by molar-refractivity contribution is 8.14. The largest absolute Gasteiger partial charge is 0.309 e. The zero-order valence-electron chi connectivity index (χ0n) is 17.0. The Morgan fingerprint density at radius 2 is 1.76 bits per heavy atom. The minimum atomic E-state index is 0.568. The summed E-state index contributed by atoms with van der Waals surface area (Å²) in [6, 6.07) is 13.6. The van der Waals surface area contributed by atoms with Crippen LogP contribution in [0.25, 0.3) is 0 Å². The van der Waals surface area contributed by atoms with Crippen molar-refractivity contribution >= 4 is 51.4 Å². The van der Waals surface area contributed by atoms with Crippen molar-refractivity contribution in [3.8, 4) is 0 Å². The summed E-state index contributed by atoms with van der Waals surface area (Å²) >= 11 is 14.5. The summed E-state index contributed by atoms with van der Waals surface area (Å²) in [5, 5.41) is 2.41. The lowest BCUT2D eigenvalue weighted by Gasteiger charge is -2.10. The molecule has 0 aromatic heterocycles. The first-order valence-electron chi connectivity index (χ1n) is 9.99. The molecule has 0 spiro atoms. The molecule has 2 aromatic carbocycles. The van der Waals surface area contributed by atoms with Gasteiger partial charge in [0.15, 0.2) is 0 Å². The molecule has 0 radical (unpaired) electrons. The van der Waals surface area contributed by atoms with E-state index >= 15 is 0 Å². The van der Waals surface area contributed by atoms with Crippen molar-refractivity contribution in [3.05, 3.63) is 63.6 Å². The third-order valence-electron chi connectivity index (χ3n) is 4.73. The molecule has 0 atom stereocenters. The molecule has 154 valence electrons. The number of thioether (sulfide) groups is 1. The predicted molar refractivity (Wildman–Crippen MR) is 130 cm³/mol. The summed E-state index contributed by atoms with van der Waals surface area (Å²) in [6.07, 6.45) is 5.00. The summed E-state index contributed by atoms with van der Waals surface area (Å²) < 4.78 is 0. The minimum Gasteiger partial charge on any atom is -0.309 e. The minimum absolute atomic E-state index is 0.568. The molecule has 0 saturated carbocycles. The summed E-state index contributed by atoms with van der Waals surface area (Å²) in [6.45, 7) is 1.73. The number of hydrogen-bond donors (Lipinski definition) is 0. The Labute approximate surface area is 188 Å². The van der Waals surface area contributed by atoms with Crippen LogP contribution in [0.1, 0.15) is 36.8 Å². The van der Waals surface area contributed by atoms with Crippen LogP contribution in [-0.2, 0) is 0 Å². The van der Waals surface area contributed by atoms with E-state index in [1.165, 1.54) is 32.2 Å². The van der Waals surface area contributed by atoms with Crippen LogP contribution in [0.4, 0.5) is 5.69 Å². The Kier molecular flexibility index (Phi) is 8.61. The second-order valence-corrected chi connectivity index (χ2v) is 9.39. The van der Waals surface area contributed by atoms with Gasteiger partial charge in [0.25, 0.3) is 0 Å². The van der Waals surface area contributed by atoms with Crippen LogP contribution in [0.3, 0.4) is 0 Å². The first kappa shape index (κ1) is 22.4. The number of nitrogens with zero attached hydrogens (tertiary/aromatic N) is 3. The molecule has 2 aromatic rings. The van der Waals surface area contributed by atoms with Crippen LogP contribution in [-0.4, -0.2) is 48.6 Å². The second kappa shape index (κ2) is 11.2. The van der Waals surface area contributed by atoms with E-state index in [0.29, 0.717) is 16.6 Å². The Morgan fingerprint density at radius 3 is 2.55 bits per heavy atom. The van der Waals surface area contributed by atoms with E-state index in [2.05, 4.69) is 19.0 Å². The van der Waals surface area contributed by atoms with Crippen LogP contribution in [0, 0.1) is 0 Å². The van der Waals surface area contributed by atoms with Crippen molar-refractivity contribution in [1.82, 2.24) is 4.90 Å². The molecule has 0 saturated heterocycles. The topological polar surface area (TPSA) is 28.0 Å². The van der Waals surface area contributed by atoms with Gasteiger partial charge in [-0.1, -0.05) is 54.2 Å². The van der Waals surface area contributed by atoms with Crippen LogP contribution in [0.15, 0.2) is 52.4 Å². The second-order valence-electron chi connectivity index (χ2n) is 7.38. The van der Waals surface area contributed by atoms with E-state index in [1.54, 1.807) is 0 Å². The van der Waals surface area contributed by atoms with Gasteiger partial charge < -0.3 is 4.90 Å². The zero-order chi connectivity index (χ0) is 20.6. The standard InChI is InChI=1S/C23H27Cl2N3S/c1-28(2)13-7-3-4-8-14-29-22-16-26-23(18-9-5-6-10-20(18)25)19-15-17(24)11-12-21(19)27-22/h5-6,9-12,15H,3-4,7-8,13-14,16H2,1-2H3. The molecule has 0 fully saturated rings. The number of benzene rings is 2. The lowest BCUT2D eigenvalue weighted by molar-refractivity contribution is 0.391. The molecule has 29 heavy (non-hydrogen) atoms. The number of fused-ring (bicyclic) bond motifs is 1. The lowest BCUT2D eigenvalue weighted by atomic mass is 10.0. The zero-order valence-corrected chi connectivity index (χ0v) is 19.3. The van der Waals surface area contributed by atoms with Crippen molar-refractivity contribution in [3.63, 3.8) is 0 Å². The van der Waals surface area contributed by atoms with Gasteiger partial charge in [-0.05, 0) is 63.5 Å². The van der Waals surface area contributed by atoms with Gasteiger partial charge in [-0.15, -0.1) is 11.8 Å². The molecule has 0 amide bonds. The number of halogens is 2. The van der Waals surface area contributed by atoms with Gasteiger partial charge in [-0.25, -0.2) is 4.99 Å². The van der Waals surface area contributed by atoms with Crippen molar-refractivity contribution in [2.24, 2.45) is 9.98 Å². The third kappa shape index (κ3) is 6.58. The molecule has 1 aliphatic heterocycles. The van der Waals surface area contributed by atoms with Gasteiger partial charge in [0.2, 0.25) is 0 Å². The van der Waals surface area contributed by atoms with E-state index in [9.17, 15) is 0 Å². The molecular formula is C23H27Cl2N3S. The number of rotatable bonds is 8. The summed E-state index contributed by atoms with van der Waals surface area (Å²) in [5.74, 6) is 1.07. The first-order chi connectivity index (χ1) is 14.0. The quantitative estimate of drug-likeness (QED) is 0.419. The molecular weight excluding hydrogens is 421 g/mol. The van der Waals surface area contributed by atoms with Crippen LogP contribution >= 0.6 is 35.0 Å².